The van der Waals surface area contributed by atoms with Crippen molar-refractivity contribution in [3.63, 3.8) is 0 Å². The van der Waals surface area contributed by atoms with Gasteiger partial charge < -0.3 is 31.4 Å². The Morgan fingerprint density at radius 3 is 2.28 bits per heavy atom. The highest BCUT2D eigenvalue weighted by Gasteiger charge is 2.46. The Morgan fingerprint density at radius 1 is 1.00 bits per heavy atom. The van der Waals surface area contributed by atoms with Gasteiger partial charge in [-0.1, -0.05) is 64.3 Å². The summed E-state index contributed by atoms with van der Waals surface area (Å²) in [5.41, 5.74) is 6.47. The average molecular weight is 660 g/mol. The highest BCUT2D eigenvalue weighted by Crippen LogP contribution is 2.37. The van der Waals surface area contributed by atoms with Crippen molar-refractivity contribution >= 4 is 46.3 Å². The lowest BCUT2D eigenvalue weighted by Gasteiger charge is -2.39. The first kappa shape index (κ1) is 34.7. The first-order valence-corrected chi connectivity index (χ1v) is 15.7. The maximum atomic E-state index is 14.5. The maximum Gasteiger partial charge on any atom is 0.408 e. The number of alkyl carbamates (subject to hydrolysis) is 1. The molecule has 248 valence electrons. The molecule has 0 bridgehead atoms. The molecule has 0 fully saturated rings. The number of halogens is 3. The van der Waals surface area contributed by atoms with E-state index < -0.39 is 53.1 Å². The lowest BCUT2D eigenvalue weighted by Crippen LogP contribution is -2.67. The summed E-state index contributed by atoms with van der Waals surface area (Å²) in [7, 11) is 0. The highest BCUT2D eigenvalue weighted by atomic mass is 35.5. The van der Waals surface area contributed by atoms with Crippen molar-refractivity contribution < 1.29 is 32.7 Å². The van der Waals surface area contributed by atoms with Crippen LogP contribution in [0.2, 0.25) is 5.02 Å². The molecule has 0 saturated carbocycles. The summed E-state index contributed by atoms with van der Waals surface area (Å²) in [5, 5.41) is 8.93. The third-order valence-electron chi connectivity index (χ3n) is 8.96. The summed E-state index contributed by atoms with van der Waals surface area (Å²) in [4.78, 5) is 56.6. The van der Waals surface area contributed by atoms with Crippen molar-refractivity contribution in [3.8, 4) is 0 Å². The molecule has 4 rings (SSSR count). The van der Waals surface area contributed by atoms with Gasteiger partial charge >= 0.3 is 6.09 Å². The molecule has 1 aromatic heterocycles. The Kier molecular flexibility index (Phi) is 10.9. The third kappa shape index (κ3) is 7.60. The fraction of sp³-hybridized carbons (Fsp3) is 0.455. The van der Waals surface area contributed by atoms with Gasteiger partial charge in [0, 0.05) is 17.5 Å². The number of nitrogens with one attached hydrogen (secondary N) is 4. The normalized spacial score (nSPS) is 18.5. The topological polar surface area (TPSA) is 155 Å². The summed E-state index contributed by atoms with van der Waals surface area (Å²) in [5.74, 6) is -3.65. The van der Waals surface area contributed by atoms with Crippen molar-refractivity contribution in [2.75, 3.05) is 0 Å². The van der Waals surface area contributed by atoms with E-state index in [1.54, 1.807) is 13.8 Å². The minimum absolute atomic E-state index is 0.0477. The standard InChI is InChI=1S/C33H40ClF2N5O5/c1-5-17(3)26(29(37)42)39-31(44)33(12-11-25-23(15-33)22-13-21(36)14-24(34)28(22)38-25)41-30(43)27(18(4)6-2)40-32(45)46-16-19-7-9-20(35)10-8-19/h7-10,13-14,17-18,26-27,38H,5-6,11-12,15-16H2,1-4H3,(H2,37,42)(H,39,44)(H,40,45)(H,41,43)/t17-,18?,26-,27?,33+/m0/s1. The minimum atomic E-state index is -1.59. The van der Waals surface area contributed by atoms with Crippen LogP contribution >= 0.6 is 11.6 Å². The molecule has 0 aliphatic heterocycles. The molecule has 0 spiro atoms. The Morgan fingerprint density at radius 2 is 1.65 bits per heavy atom. The van der Waals surface area contributed by atoms with Crippen LogP contribution in [-0.4, -0.2) is 46.4 Å². The fourth-order valence-corrected chi connectivity index (χ4v) is 6.00. The number of hydrogen-bond donors (Lipinski definition) is 5. The molecule has 6 N–H and O–H groups in total. The van der Waals surface area contributed by atoms with Gasteiger partial charge in [-0.25, -0.2) is 13.6 Å². The molecular formula is C33H40ClF2N5O5. The minimum Gasteiger partial charge on any atom is -0.445 e. The Bertz CT molecular complexity index is 1610. The molecule has 5 atom stereocenters. The first-order valence-electron chi connectivity index (χ1n) is 15.4. The third-order valence-corrected chi connectivity index (χ3v) is 9.25. The molecule has 1 aliphatic carbocycles. The van der Waals surface area contributed by atoms with Gasteiger partial charge in [0.15, 0.2) is 0 Å². The van der Waals surface area contributed by atoms with Crippen LogP contribution in [0.3, 0.4) is 0 Å². The second-order valence-electron chi connectivity index (χ2n) is 12.1. The molecule has 46 heavy (non-hydrogen) atoms. The van der Waals surface area contributed by atoms with Crippen LogP contribution in [0.4, 0.5) is 13.6 Å². The van der Waals surface area contributed by atoms with Gasteiger partial charge in [-0.3, -0.25) is 14.4 Å². The van der Waals surface area contributed by atoms with E-state index in [1.807, 2.05) is 13.8 Å². The summed E-state index contributed by atoms with van der Waals surface area (Å²) in [6, 6.07) is 5.83. The van der Waals surface area contributed by atoms with Crippen LogP contribution in [0.5, 0.6) is 0 Å². The maximum absolute atomic E-state index is 14.5. The first-order chi connectivity index (χ1) is 21.8. The van der Waals surface area contributed by atoms with Crippen molar-refractivity contribution in [1.29, 1.82) is 0 Å². The van der Waals surface area contributed by atoms with Gasteiger partial charge in [-0.2, -0.15) is 0 Å². The van der Waals surface area contributed by atoms with E-state index in [-0.39, 0.29) is 36.3 Å². The number of hydrogen-bond acceptors (Lipinski definition) is 5. The second-order valence-corrected chi connectivity index (χ2v) is 12.5. The number of primary amides is 1. The van der Waals surface area contributed by atoms with Gasteiger partial charge in [0.25, 0.3) is 0 Å². The van der Waals surface area contributed by atoms with E-state index in [9.17, 15) is 28.0 Å². The summed E-state index contributed by atoms with van der Waals surface area (Å²) >= 11 is 6.33. The zero-order valence-corrected chi connectivity index (χ0v) is 27.0. The SMILES string of the molecule is CCC(C)C(NC(=O)OCc1ccc(F)cc1)C(=O)N[C@]1(C(=O)N[C@H](C(N)=O)[C@@H](C)CC)CCc2[nH]c3c(Cl)cc(F)cc3c2C1. The fourth-order valence-electron chi connectivity index (χ4n) is 5.75. The molecule has 0 saturated heterocycles. The predicted octanol–water partition coefficient (Wildman–Crippen LogP) is 4.80. The lowest BCUT2D eigenvalue weighted by molar-refractivity contribution is -0.137. The van der Waals surface area contributed by atoms with Crippen LogP contribution < -0.4 is 21.7 Å². The van der Waals surface area contributed by atoms with Crippen LogP contribution in [0.25, 0.3) is 10.9 Å². The second kappa shape index (κ2) is 14.5. The molecule has 0 radical (unpaired) electrons. The zero-order valence-electron chi connectivity index (χ0n) is 26.3. The van der Waals surface area contributed by atoms with E-state index >= 15 is 0 Å². The summed E-state index contributed by atoms with van der Waals surface area (Å²) < 4.78 is 33.0. The molecule has 2 unspecified atom stereocenters. The molecule has 3 aromatic rings. The van der Waals surface area contributed by atoms with Gasteiger partial charge in [-0.15, -0.1) is 0 Å². The van der Waals surface area contributed by atoms with Crippen molar-refractivity contribution in [2.24, 2.45) is 17.6 Å². The molecule has 13 heteroatoms. The average Bonchev–Trinajstić information content (AvgIpc) is 3.38. The van der Waals surface area contributed by atoms with E-state index in [0.29, 0.717) is 41.3 Å². The van der Waals surface area contributed by atoms with Crippen LogP contribution in [0, 0.1) is 23.5 Å². The highest BCUT2D eigenvalue weighted by molar-refractivity contribution is 6.35. The van der Waals surface area contributed by atoms with Crippen molar-refractivity contribution in [1.82, 2.24) is 20.9 Å². The zero-order chi connectivity index (χ0) is 33.8. The Labute approximate surface area is 271 Å². The van der Waals surface area contributed by atoms with Crippen LogP contribution in [-0.2, 0) is 38.6 Å². The number of H-pyrrole nitrogens is 1. The van der Waals surface area contributed by atoms with Crippen molar-refractivity contribution in [3.05, 3.63) is 69.9 Å². The molecule has 10 nitrogen and oxygen atoms in total. The summed E-state index contributed by atoms with van der Waals surface area (Å²) in [6.07, 6.45) is 0.546. The smallest absolute Gasteiger partial charge is 0.408 e. The number of aromatic amines is 1. The van der Waals surface area contributed by atoms with Gasteiger partial charge in [0.2, 0.25) is 17.7 Å². The van der Waals surface area contributed by atoms with E-state index in [2.05, 4.69) is 20.9 Å². The molecule has 1 heterocycles. The van der Waals surface area contributed by atoms with Gasteiger partial charge in [0.05, 0.1) is 10.5 Å². The number of aromatic nitrogens is 1. The van der Waals surface area contributed by atoms with Crippen LogP contribution in [0.1, 0.15) is 63.8 Å². The number of fused-ring (bicyclic) bond motifs is 3. The number of carbonyl (C=O) groups excluding carboxylic acids is 4. The number of aryl methyl sites for hydroxylation is 1. The van der Waals surface area contributed by atoms with Gasteiger partial charge in [0.1, 0.15) is 35.9 Å². The molecule has 2 aromatic carbocycles. The predicted molar refractivity (Wildman–Crippen MR) is 170 cm³/mol. The molecular weight excluding hydrogens is 620 g/mol. The van der Waals surface area contributed by atoms with E-state index in [4.69, 9.17) is 22.1 Å². The Balaban J connectivity index is 1.65. The number of nitrogens with two attached hydrogens (primary N) is 1. The number of amides is 4. The number of benzene rings is 2. The number of rotatable bonds is 12. The van der Waals surface area contributed by atoms with E-state index in [1.165, 1.54) is 36.4 Å². The number of ether oxygens (including phenoxy) is 1. The van der Waals surface area contributed by atoms with Crippen molar-refractivity contribution in [2.45, 2.75) is 84.0 Å². The van der Waals surface area contributed by atoms with E-state index in [0.717, 1.165) is 5.69 Å². The lowest BCUT2D eigenvalue weighted by atomic mass is 9.78. The largest absolute Gasteiger partial charge is 0.445 e. The van der Waals surface area contributed by atoms with Crippen LogP contribution in [0.15, 0.2) is 36.4 Å². The quantitative estimate of drug-likeness (QED) is 0.189. The molecule has 1 aliphatic rings. The van der Waals surface area contributed by atoms with Gasteiger partial charge in [-0.05, 0) is 60.1 Å². The Hall–Kier alpha value is -4.19. The summed E-state index contributed by atoms with van der Waals surface area (Å²) in [6.45, 7) is 7.11. The number of carbonyl (C=O) groups is 4. The molecule has 4 amide bonds. The monoisotopic (exact) mass is 659 g/mol.